The number of ketones is 1. The van der Waals surface area contributed by atoms with Gasteiger partial charge in [0.05, 0.1) is 5.52 Å². The van der Waals surface area contributed by atoms with Crippen LogP contribution in [0.15, 0.2) is 60.7 Å². The Kier molecular flexibility index (Phi) is 8.25. The molecule has 1 amide bonds. The van der Waals surface area contributed by atoms with Crippen molar-refractivity contribution in [3.05, 3.63) is 71.8 Å². The summed E-state index contributed by atoms with van der Waals surface area (Å²) in [7, 11) is 2.14. The molecule has 38 heavy (non-hydrogen) atoms. The predicted molar refractivity (Wildman–Crippen MR) is 155 cm³/mol. The number of pyridine rings is 1. The van der Waals surface area contributed by atoms with E-state index in [1.54, 1.807) is 6.08 Å². The van der Waals surface area contributed by atoms with E-state index in [0.717, 1.165) is 67.2 Å². The molecule has 0 spiro atoms. The number of amides is 1. The first-order valence-electron chi connectivity index (χ1n) is 13.3. The molecule has 0 atom stereocenters. The third-order valence-corrected chi connectivity index (χ3v) is 7.60. The molecule has 2 fully saturated rings. The quantitative estimate of drug-likeness (QED) is 0.259. The van der Waals surface area contributed by atoms with E-state index >= 15 is 0 Å². The number of benzene rings is 2. The molecular formula is C30H34ClN5O2. The van der Waals surface area contributed by atoms with Crippen LogP contribution in [0.2, 0.25) is 0 Å². The van der Waals surface area contributed by atoms with Gasteiger partial charge in [0.25, 0.3) is 0 Å². The normalized spacial score (nSPS) is 16.9. The first-order valence-corrected chi connectivity index (χ1v) is 13.8. The smallest absolute Gasteiger partial charge is 0.223 e. The number of piperazine rings is 2. The molecule has 1 aromatic heterocycles. The van der Waals surface area contributed by atoms with E-state index in [4.69, 9.17) is 16.6 Å². The van der Waals surface area contributed by atoms with E-state index in [-0.39, 0.29) is 11.7 Å². The Morgan fingerprint density at radius 3 is 2.29 bits per heavy atom. The SMILES string of the molecule is CN1CCN(c2nc3ccccc3cc2/C=C/C(=O)c2ccc(N3CCN(C(=O)CCCl)CC3)cc2)CC1. The van der Waals surface area contributed by atoms with Gasteiger partial charge in [-0.25, -0.2) is 4.98 Å². The summed E-state index contributed by atoms with van der Waals surface area (Å²) in [6.45, 7) is 6.71. The second-order valence-electron chi connectivity index (χ2n) is 9.94. The topological polar surface area (TPSA) is 60.0 Å². The van der Waals surface area contributed by atoms with Crippen LogP contribution in [0, 0.1) is 0 Å². The Labute approximate surface area is 229 Å². The molecule has 3 aromatic rings. The fourth-order valence-corrected chi connectivity index (χ4v) is 5.23. The molecule has 5 rings (SSSR count). The molecule has 0 bridgehead atoms. The van der Waals surface area contributed by atoms with Crippen molar-refractivity contribution in [1.29, 1.82) is 0 Å². The summed E-state index contributed by atoms with van der Waals surface area (Å²) in [5, 5.41) is 1.06. The van der Waals surface area contributed by atoms with Crippen LogP contribution in [-0.4, -0.2) is 91.8 Å². The van der Waals surface area contributed by atoms with Crippen molar-refractivity contribution in [3.8, 4) is 0 Å². The number of hydrogen-bond acceptors (Lipinski definition) is 6. The van der Waals surface area contributed by atoms with E-state index in [9.17, 15) is 9.59 Å². The molecule has 0 saturated carbocycles. The summed E-state index contributed by atoms with van der Waals surface area (Å²) in [5.41, 5.74) is 3.63. The largest absolute Gasteiger partial charge is 0.368 e. The molecule has 198 valence electrons. The number of halogens is 1. The van der Waals surface area contributed by atoms with Crippen molar-refractivity contribution in [1.82, 2.24) is 14.8 Å². The molecule has 2 aliphatic heterocycles. The minimum Gasteiger partial charge on any atom is -0.368 e. The lowest BCUT2D eigenvalue weighted by molar-refractivity contribution is -0.131. The van der Waals surface area contributed by atoms with Gasteiger partial charge in [0.2, 0.25) is 5.91 Å². The third kappa shape index (κ3) is 6.00. The first kappa shape index (κ1) is 26.2. The van der Waals surface area contributed by atoms with Crippen molar-refractivity contribution >= 4 is 51.8 Å². The minimum atomic E-state index is -0.0365. The van der Waals surface area contributed by atoms with Gasteiger partial charge in [0.1, 0.15) is 5.82 Å². The average Bonchev–Trinajstić information content (AvgIpc) is 2.96. The number of anilines is 2. The number of nitrogens with zero attached hydrogens (tertiary/aromatic N) is 5. The highest BCUT2D eigenvalue weighted by atomic mass is 35.5. The van der Waals surface area contributed by atoms with Crippen LogP contribution in [0.4, 0.5) is 11.5 Å². The van der Waals surface area contributed by atoms with Gasteiger partial charge in [-0.1, -0.05) is 18.2 Å². The van der Waals surface area contributed by atoms with Crippen LogP contribution in [0.1, 0.15) is 22.3 Å². The Balaban J connectivity index is 1.28. The minimum absolute atomic E-state index is 0.0365. The molecule has 2 saturated heterocycles. The zero-order valence-electron chi connectivity index (χ0n) is 21.9. The van der Waals surface area contributed by atoms with Gasteiger partial charge >= 0.3 is 0 Å². The maximum absolute atomic E-state index is 13.1. The number of allylic oxidation sites excluding steroid dienone is 1. The van der Waals surface area contributed by atoms with Crippen molar-refractivity contribution in [3.63, 3.8) is 0 Å². The highest BCUT2D eigenvalue weighted by molar-refractivity contribution is 6.18. The lowest BCUT2D eigenvalue weighted by Crippen LogP contribution is -2.48. The van der Waals surface area contributed by atoms with Gasteiger partial charge in [-0.15, -0.1) is 11.6 Å². The first-order chi connectivity index (χ1) is 18.5. The van der Waals surface area contributed by atoms with Crippen molar-refractivity contribution in [2.45, 2.75) is 6.42 Å². The number of hydrogen-bond donors (Lipinski definition) is 0. The summed E-state index contributed by atoms with van der Waals surface area (Å²) in [5.74, 6) is 1.37. The van der Waals surface area contributed by atoms with Gasteiger partial charge in [-0.05, 0) is 55.6 Å². The molecule has 3 heterocycles. The number of alkyl halides is 1. The second kappa shape index (κ2) is 12.0. The number of para-hydroxylation sites is 1. The third-order valence-electron chi connectivity index (χ3n) is 7.41. The second-order valence-corrected chi connectivity index (χ2v) is 10.3. The molecule has 8 heteroatoms. The average molecular weight is 532 g/mol. The summed E-state index contributed by atoms with van der Waals surface area (Å²) >= 11 is 5.71. The van der Waals surface area contributed by atoms with E-state index < -0.39 is 0 Å². The Bertz CT molecular complexity index is 1310. The Hall–Kier alpha value is -3.42. The maximum Gasteiger partial charge on any atom is 0.223 e. The van der Waals surface area contributed by atoms with Gasteiger partial charge in [0.15, 0.2) is 5.78 Å². The molecule has 0 aliphatic carbocycles. The Morgan fingerprint density at radius 2 is 1.58 bits per heavy atom. The number of carbonyl (C=O) groups is 2. The highest BCUT2D eigenvalue weighted by Crippen LogP contribution is 2.26. The number of carbonyl (C=O) groups excluding carboxylic acids is 2. The molecular weight excluding hydrogens is 498 g/mol. The van der Waals surface area contributed by atoms with Crippen LogP contribution < -0.4 is 9.80 Å². The summed E-state index contributed by atoms with van der Waals surface area (Å²) < 4.78 is 0. The number of aromatic nitrogens is 1. The number of likely N-dealkylation sites (N-methyl/N-ethyl adjacent to an activating group) is 1. The molecule has 7 nitrogen and oxygen atoms in total. The van der Waals surface area contributed by atoms with E-state index in [1.807, 2.05) is 53.4 Å². The lowest BCUT2D eigenvalue weighted by atomic mass is 10.1. The van der Waals surface area contributed by atoms with E-state index in [1.165, 1.54) is 0 Å². The van der Waals surface area contributed by atoms with Crippen molar-refractivity contribution < 1.29 is 9.59 Å². The van der Waals surface area contributed by atoms with Crippen molar-refractivity contribution in [2.75, 3.05) is 75.1 Å². The molecule has 0 N–H and O–H groups in total. The fraction of sp³-hybridized carbons (Fsp3) is 0.367. The van der Waals surface area contributed by atoms with Crippen LogP contribution in [0.5, 0.6) is 0 Å². The number of fused-ring (bicyclic) bond motifs is 1. The van der Waals surface area contributed by atoms with Crippen molar-refractivity contribution in [2.24, 2.45) is 0 Å². The molecule has 0 radical (unpaired) electrons. The van der Waals surface area contributed by atoms with Gasteiger partial charge in [0, 0.05) is 86.9 Å². The number of rotatable bonds is 7. The lowest BCUT2D eigenvalue weighted by Gasteiger charge is -2.36. The molecule has 0 unspecified atom stereocenters. The van der Waals surface area contributed by atoms with Crippen LogP contribution >= 0.6 is 11.6 Å². The monoisotopic (exact) mass is 531 g/mol. The standard InChI is InChI=1S/C30H34ClN5O2/c1-33-14-16-36(17-15-33)30-25(22-24-4-2-3-5-27(24)32-30)8-11-28(37)23-6-9-26(10-7-23)34-18-20-35(21-19-34)29(38)12-13-31/h2-11,22H,12-21H2,1H3/b11-8+. The van der Waals surface area contributed by atoms with Gasteiger partial charge in [-0.2, -0.15) is 0 Å². The molecule has 2 aliphatic rings. The fourth-order valence-electron chi connectivity index (χ4n) is 5.07. The van der Waals surface area contributed by atoms with Crippen LogP contribution in [0.25, 0.3) is 17.0 Å². The van der Waals surface area contributed by atoms with Gasteiger partial charge in [-0.3, -0.25) is 9.59 Å². The van der Waals surface area contributed by atoms with E-state index in [0.29, 0.717) is 31.0 Å². The van der Waals surface area contributed by atoms with Crippen LogP contribution in [-0.2, 0) is 4.79 Å². The Morgan fingerprint density at radius 1 is 0.895 bits per heavy atom. The zero-order valence-corrected chi connectivity index (χ0v) is 22.6. The highest BCUT2D eigenvalue weighted by Gasteiger charge is 2.21. The predicted octanol–water partition coefficient (Wildman–Crippen LogP) is 4.16. The molecule has 2 aromatic carbocycles. The summed E-state index contributed by atoms with van der Waals surface area (Å²) in [6.07, 6.45) is 3.94. The maximum atomic E-state index is 13.1. The zero-order chi connectivity index (χ0) is 26.5. The van der Waals surface area contributed by atoms with Crippen LogP contribution in [0.3, 0.4) is 0 Å². The van der Waals surface area contributed by atoms with E-state index in [2.05, 4.69) is 33.9 Å². The summed E-state index contributed by atoms with van der Waals surface area (Å²) in [4.78, 5) is 38.9. The van der Waals surface area contributed by atoms with Gasteiger partial charge < -0.3 is 19.6 Å². The summed E-state index contributed by atoms with van der Waals surface area (Å²) in [6, 6.07) is 18.0.